The Hall–Kier alpha value is -1.17. The second-order valence-electron chi connectivity index (χ2n) is 8.83. The Morgan fingerprint density at radius 2 is 2.00 bits per heavy atom. The van der Waals surface area contributed by atoms with Gasteiger partial charge in [0.25, 0.3) is 0 Å². The number of aliphatic hydroxyl groups is 1. The molecule has 0 aromatic rings. The van der Waals surface area contributed by atoms with E-state index in [1.807, 2.05) is 13.8 Å². The normalized spacial score (nSPS) is 29.6. The topological polar surface area (TPSA) is 65.0 Å². The van der Waals surface area contributed by atoms with Crippen LogP contribution in [0, 0.1) is 11.8 Å². The monoisotopic (exact) mass is 408 g/mol. The minimum absolute atomic E-state index is 0.0332. The smallest absolute Gasteiger partial charge is 0.305 e. The average Bonchev–Trinajstić information content (AvgIpc) is 3.40. The summed E-state index contributed by atoms with van der Waals surface area (Å²) in [6.45, 7) is 6.14. The highest BCUT2D eigenvalue weighted by molar-refractivity contribution is 5.68. The molecule has 166 valence electrons. The lowest BCUT2D eigenvalue weighted by Crippen LogP contribution is -2.21. The van der Waals surface area contributed by atoms with Gasteiger partial charge in [-0.25, -0.2) is 0 Å². The van der Waals surface area contributed by atoms with Gasteiger partial charge in [-0.1, -0.05) is 44.1 Å². The van der Waals surface area contributed by atoms with Crippen molar-refractivity contribution in [1.82, 2.24) is 0 Å². The summed E-state index contributed by atoms with van der Waals surface area (Å²) in [4.78, 5) is 11.2. The summed E-state index contributed by atoms with van der Waals surface area (Å²) in [5.41, 5.74) is 0. The van der Waals surface area contributed by atoms with Crippen molar-refractivity contribution in [2.24, 2.45) is 11.8 Å². The molecule has 5 nitrogen and oxygen atoms in total. The van der Waals surface area contributed by atoms with Gasteiger partial charge in [0.1, 0.15) is 6.10 Å². The predicted molar refractivity (Wildman–Crippen MR) is 114 cm³/mol. The molecule has 1 N–H and O–H groups in total. The number of carbonyl (C=O) groups is 1. The van der Waals surface area contributed by atoms with Gasteiger partial charge in [0, 0.05) is 6.42 Å². The highest BCUT2D eigenvalue weighted by Gasteiger charge is 2.42. The molecule has 0 amide bonds. The van der Waals surface area contributed by atoms with Crippen LogP contribution in [0.25, 0.3) is 0 Å². The first kappa shape index (κ1) is 24.1. The summed E-state index contributed by atoms with van der Waals surface area (Å²) in [5, 5.41) is 10.3. The van der Waals surface area contributed by atoms with E-state index in [0.29, 0.717) is 25.2 Å². The van der Waals surface area contributed by atoms with E-state index in [4.69, 9.17) is 9.47 Å². The zero-order valence-corrected chi connectivity index (χ0v) is 18.6. The van der Waals surface area contributed by atoms with Crippen molar-refractivity contribution in [2.45, 2.75) is 103 Å². The molecule has 1 aliphatic carbocycles. The van der Waals surface area contributed by atoms with Crippen LogP contribution in [0.15, 0.2) is 24.3 Å². The van der Waals surface area contributed by atoms with Crippen LogP contribution in [0.2, 0.25) is 0 Å². The van der Waals surface area contributed by atoms with Crippen LogP contribution in [0.1, 0.15) is 78.6 Å². The number of hydrogen-bond acceptors (Lipinski definition) is 5. The van der Waals surface area contributed by atoms with E-state index in [2.05, 4.69) is 36.0 Å². The fourth-order valence-corrected chi connectivity index (χ4v) is 3.99. The summed E-state index contributed by atoms with van der Waals surface area (Å²) in [7, 11) is 1.39. The third-order valence-electron chi connectivity index (χ3n) is 5.77. The molecule has 0 aromatic carbocycles. The van der Waals surface area contributed by atoms with Crippen LogP contribution in [0.3, 0.4) is 0 Å². The van der Waals surface area contributed by atoms with Crippen LogP contribution in [0.4, 0.5) is 0 Å². The molecule has 1 saturated heterocycles. The van der Waals surface area contributed by atoms with E-state index in [1.54, 1.807) is 0 Å². The van der Waals surface area contributed by atoms with Crippen LogP contribution in [-0.4, -0.2) is 42.3 Å². The fraction of sp³-hybridized carbons (Fsp3) is 0.792. The van der Waals surface area contributed by atoms with Gasteiger partial charge in [0.2, 0.25) is 0 Å². The largest absolute Gasteiger partial charge is 0.469 e. The highest BCUT2D eigenvalue weighted by Crippen LogP contribution is 2.44. The zero-order chi connectivity index (χ0) is 21.3. The van der Waals surface area contributed by atoms with Gasteiger partial charge in [-0.05, 0) is 64.2 Å². The molecule has 0 aromatic heterocycles. The summed E-state index contributed by atoms with van der Waals surface area (Å²) >= 11 is 0. The molecule has 0 unspecified atom stereocenters. The third-order valence-corrected chi connectivity index (χ3v) is 5.77. The molecule has 0 radical (unpaired) electrons. The van der Waals surface area contributed by atoms with Gasteiger partial charge in [0.05, 0.1) is 19.3 Å². The Morgan fingerprint density at radius 3 is 2.72 bits per heavy atom. The maximum atomic E-state index is 11.2. The third kappa shape index (κ3) is 8.61. The van der Waals surface area contributed by atoms with Crippen LogP contribution in [-0.2, 0) is 19.0 Å². The minimum Gasteiger partial charge on any atom is -0.469 e. The van der Waals surface area contributed by atoms with Crippen molar-refractivity contribution in [3.63, 3.8) is 0 Å². The molecule has 5 heteroatoms. The molecule has 5 atom stereocenters. The summed E-state index contributed by atoms with van der Waals surface area (Å²) in [6.07, 6.45) is 16.8. The first-order valence-corrected chi connectivity index (χ1v) is 11.3. The Labute approximate surface area is 176 Å². The molecule has 2 aliphatic rings. The highest BCUT2D eigenvalue weighted by atomic mass is 16.7. The van der Waals surface area contributed by atoms with Crippen molar-refractivity contribution in [3.8, 4) is 0 Å². The van der Waals surface area contributed by atoms with Gasteiger partial charge in [0.15, 0.2) is 5.79 Å². The number of esters is 1. The summed E-state index contributed by atoms with van der Waals surface area (Å²) < 4.78 is 16.8. The molecule has 29 heavy (non-hydrogen) atoms. The van der Waals surface area contributed by atoms with Crippen molar-refractivity contribution in [3.05, 3.63) is 24.3 Å². The fourth-order valence-electron chi connectivity index (χ4n) is 3.99. The molecule has 0 spiro atoms. The Kier molecular flexibility index (Phi) is 9.87. The summed E-state index contributed by atoms with van der Waals surface area (Å²) in [6, 6.07) is 0. The number of allylic oxidation sites excluding steroid dienone is 2. The van der Waals surface area contributed by atoms with Gasteiger partial charge >= 0.3 is 5.97 Å². The Morgan fingerprint density at radius 1 is 1.21 bits per heavy atom. The van der Waals surface area contributed by atoms with E-state index in [0.717, 1.165) is 19.3 Å². The molecule has 1 heterocycles. The molecule has 0 bridgehead atoms. The Bertz CT molecular complexity index is 553. The lowest BCUT2D eigenvalue weighted by atomic mass is 10.1. The van der Waals surface area contributed by atoms with E-state index in [1.165, 1.54) is 26.4 Å². The van der Waals surface area contributed by atoms with Crippen LogP contribution >= 0.6 is 0 Å². The van der Waals surface area contributed by atoms with Gasteiger partial charge < -0.3 is 19.3 Å². The van der Waals surface area contributed by atoms with E-state index in [-0.39, 0.29) is 30.2 Å². The number of hydrogen-bond donors (Lipinski definition) is 1. The maximum absolute atomic E-state index is 11.2. The van der Waals surface area contributed by atoms with Crippen LogP contribution in [0.5, 0.6) is 0 Å². The number of carbonyl (C=O) groups excluding carboxylic acids is 1. The lowest BCUT2D eigenvalue weighted by Gasteiger charge is -2.16. The van der Waals surface area contributed by atoms with Crippen LogP contribution < -0.4 is 0 Å². The predicted octanol–water partition coefficient (Wildman–Crippen LogP) is 4.93. The lowest BCUT2D eigenvalue weighted by molar-refractivity contribution is -0.142. The van der Waals surface area contributed by atoms with E-state index in [9.17, 15) is 9.90 Å². The summed E-state index contributed by atoms with van der Waals surface area (Å²) in [5.74, 6) is -0.0979. The van der Waals surface area contributed by atoms with E-state index < -0.39 is 5.79 Å². The molecule has 2 fully saturated rings. The zero-order valence-electron chi connectivity index (χ0n) is 18.6. The second-order valence-corrected chi connectivity index (χ2v) is 8.83. The van der Waals surface area contributed by atoms with Crippen molar-refractivity contribution in [1.29, 1.82) is 0 Å². The van der Waals surface area contributed by atoms with Gasteiger partial charge in [-0.2, -0.15) is 0 Å². The molecular weight excluding hydrogens is 368 g/mol. The second kappa shape index (κ2) is 11.9. The first-order chi connectivity index (χ1) is 13.9. The maximum Gasteiger partial charge on any atom is 0.305 e. The number of ether oxygens (including phenoxy) is 3. The van der Waals surface area contributed by atoms with Crippen molar-refractivity contribution < 1.29 is 24.1 Å². The van der Waals surface area contributed by atoms with Gasteiger partial charge in [-0.15, -0.1) is 0 Å². The number of rotatable bonds is 13. The molecular formula is C24H40O5. The first-order valence-electron chi connectivity index (χ1n) is 11.3. The molecule has 1 aliphatic heterocycles. The number of aliphatic hydroxyl groups excluding tert-OH is 1. The quantitative estimate of drug-likeness (QED) is 0.266. The minimum atomic E-state index is -0.563. The van der Waals surface area contributed by atoms with Crippen molar-refractivity contribution >= 4 is 5.97 Å². The number of unbranched alkanes of at least 4 members (excludes halogenated alkanes) is 3. The molecule has 2 rings (SSSR count). The number of methoxy groups -OCH3 is 1. The van der Waals surface area contributed by atoms with Crippen molar-refractivity contribution in [2.75, 3.05) is 7.11 Å². The SMILES string of the molecule is CCCCC/C=C\C[C@@H]1OC(C)(C)O[C@H]1/C=C/[C@@H]1C[C@H]1[C@H](O)CCCC(=O)OC. The average molecular weight is 409 g/mol. The van der Waals surface area contributed by atoms with E-state index >= 15 is 0 Å². The Balaban J connectivity index is 1.75. The van der Waals surface area contributed by atoms with Gasteiger partial charge in [-0.3, -0.25) is 4.79 Å². The molecule has 1 saturated carbocycles. The standard InChI is InChI=1S/C24H40O5/c1-5-6-7-8-9-10-13-21-22(29-24(2,3)28-21)16-15-18-17-19(18)20(25)12-11-14-23(26)27-4/h9-10,15-16,18-22,25H,5-8,11-14,17H2,1-4H3/b10-9-,16-15+/t18-,19-,20-,21+,22+/m1/s1.